The van der Waals surface area contributed by atoms with Crippen LogP contribution in [0, 0.1) is 0 Å². The van der Waals surface area contributed by atoms with Gasteiger partial charge in [0.2, 0.25) is 0 Å². The van der Waals surface area contributed by atoms with Gasteiger partial charge in [0.05, 0.1) is 11.6 Å². The van der Waals surface area contributed by atoms with Crippen molar-refractivity contribution in [1.29, 1.82) is 0 Å². The van der Waals surface area contributed by atoms with Crippen LogP contribution in [0.15, 0.2) is 29.7 Å². The van der Waals surface area contributed by atoms with Crippen molar-refractivity contribution in [3.63, 3.8) is 0 Å². The SMILES string of the molecule is NC(=NO)C1CCCN1C(=O)c1cccnc1. The maximum absolute atomic E-state index is 12.2. The molecule has 90 valence electrons. The highest BCUT2D eigenvalue weighted by molar-refractivity contribution is 5.98. The molecule has 1 aromatic rings. The van der Waals surface area contributed by atoms with Gasteiger partial charge in [0.25, 0.3) is 5.91 Å². The molecule has 6 nitrogen and oxygen atoms in total. The molecule has 3 N–H and O–H groups in total. The number of oxime groups is 1. The monoisotopic (exact) mass is 234 g/mol. The molecule has 0 spiro atoms. The number of hydrogen-bond acceptors (Lipinski definition) is 4. The van der Waals surface area contributed by atoms with Crippen LogP contribution < -0.4 is 5.73 Å². The minimum Gasteiger partial charge on any atom is -0.409 e. The molecular weight excluding hydrogens is 220 g/mol. The summed E-state index contributed by atoms with van der Waals surface area (Å²) in [7, 11) is 0. The summed E-state index contributed by atoms with van der Waals surface area (Å²) in [5.41, 5.74) is 6.09. The van der Waals surface area contributed by atoms with Crippen molar-refractivity contribution >= 4 is 11.7 Å². The first-order valence-corrected chi connectivity index (χ1v) is 5.42. The number of aromatic nitrogens is 1. The first-order valence-electron chi connectivity index (χ1n) is 5.42. The number of nitrogens with zero attached hydrogens (tertiary/aromatic N) is 3. The van der Waals surface area contributed by atoms with E-state index in [9.17, 15) is 4.79 Å². The lowest BCUT2D eigenvalue weighted by molar-refractivity contribution is 0.0767. The molecule has 0 aliphatic carbocycles. The summed E-state index contributed by atoms with van der Waals surface area (Å²) < 4.78 is 0. The zero-order valence-electron chi connectivity index (χ0n) is 9.28. The molecule has 6 heteroatoms. The molecule has 1 amide bonds. The zero-order chi connectivity index (χ0) is 12.3. The minimum absolute atomic E-state index is 0.0831. The van der Waals surface area contributed by atoms with E-state index in [1.165, 1.54) is 6.20 Å². The van der Waals surface area contributed by atoms with Gasteiger partial charge in [0.1, 0.15) is 0 Å². The molecule has 1 unspecified atom stereocenters. The molecule has 1 fully saturated rings. The Balaban J connectivity index is 2.20. The molecule has 0 aromatic carbocycles. The third-order valence-corrected chi connectivity index (χ3v) is 2.88. The smallest absolute Gasteiger partial charge is 0.256 e. The van der Waals surface area contributed by atoms with Crippen molar-refractivity contribution in [2.45, 2.75) is 18.9 Å². The zero-order valence-corrected chi connectivity index (χ0v) is 9.28. The van der Waals surface area contributed by atoms with Gasteiger partial charge in [0, 0.05) is 18.9 Å². The Morgan fingerprint density at radius 2 is 2.47 bits per heavy atom. The lowest BCUT2D eigenvalue weighted by atomic mass is 10.2. The van der Waals surface area contributed by atoms with E-state index in [1.54, 1.807) is 23.2 Å². The lowest BCUT2D eigenvalue weighted by Gasteiger charge is -2.23. The van der Waals surface area contributed by atoms with Crippen LogP contribution in [-0.2, 0) is 0 Å². The Kier molecular flexibility index (Phi) is 3.22. The van der Waals surface area contributed by atoms with Crippen LogP contribution in [-0.4, -0.2) is 39.4 Å². The highest BCUT2D eigenvalue weighted by atomic mass is 16.4. The summed E-state index contributed by atoms with van der Waals surface area (Å²) in [5, 5.41) is 11.7. The summed E-state index contributed by atoms with van der Waals surface area (Å²) in [6.45, 7) is 0.620. The van der Waals surface area contributed by atoms with E-state index in [0.717, 1.165) is 12.8 Å². The Bertz CT molecular complexity index is 432. The van der Waals surface area contributed by atoms with E-state index >= 15 is 0 Å². The number of pyridine rings is 1. The minimum atomic E-state index is -0.312. The number of likely N-dealkylation sites (tertiary alicyclic amines) is 1. The largest absolute Gasteiger partial charge is 0.409 e. The van der Waals surface area contributed by atoms with Crippen molar-refractivity contribution in [3.8, 4) is 0 Å². The number of rotatable bonds is 2. The highest BCUT2D eigenvalue weighted by Crippen LogP contribution is 2.19. The van der Waals surface area contributed by atoms with E-state index in [4.69, 9.17) is 10.9 Å². The van der Waals surface area contributed by atoms with Gasteiger partial charge in [-0.25, -0.2) is 0 Å². The number of hydrogen-bond donors (Lipinski definition) is 2. The summed E-state index contributed by atoms with van der Waals surface area (Å²) in [6.07, 6.45) is 4.71. The lowest BCUT2D eigenvalue weighted by Crippen LogP contribution is -2.43. The number of amidine groups is 1. The maximum Gasteiger partial charge on any atom is 0.256 e. The van der Waals surface area contributed by atoms with Crippen LogP contribution in [0.5, 0.6) is 0 Å². The van der Waals surface area contributed by atoms with Gasteiger partial charge < -0.3 is 15.8 Å². The van der Waals surface area contributed by atoms with Crippen molar-refractivity contribution < 1.29 is 10.0 Å². The molecule has 1 aliphatic heterocycles. The molecule has 1 atom stereocenters. The second-order valence-corrected chi connectivity index (χ2v) is 3.92. The number of carbonyl (C=O) groups excluding carboxylic acids is 1. The second kappa shape index (κ2) is 4.82. The van der Waals surface area contributed by atoms with Crippen molar-refractivity contribution in [3.05, 3.63) is 30.1 Å². The van der Waals surface area contributed by atoms with Crippen molar-refractivity contribution in [2.75, 3.05) is 6.54 Å². The number of amides is 1. The van der Waals surface area contributed by atoms with Crippen LogP contribution in [0.3, 0.4) is 0 Å². The molecule has 17 heavy (non-hydrogen) atoms. The number of carbonyl (C=O) groups is 1. The van der Waals surface area contributed by atoms with E-state index in [2.05, 4.69) is 10.1 Å². The molecule has 0 radical (unpaired) electrons. The standard InChI is InChI=1S/C11H14N4O2/c12-10(14-17)9-4-2-6-15(9)11(16)8-3-1-5-13-7-8/h1,3,5,7,9,17H,2,4,6H2,(H2,12,14). The average molecular weight is 234 g/mol. The summed E-state index contributed by atoms with van der Waals surface area (Å²) in [6, 6.07) is 3.10. The van der Waals surface area contributed by atoms with E-state index in [1.807, 2.05) is 0 Å². The summed E-state index contributed by atoms with van der Waals surface area (Å²) in [5.74, 6) is -0.0491. The molecule has 2 rings (SSSR count). The van der Waals surface area contributed by atoms with Crippen molar-refractivity contribution in [1.82, 2.24) is 9.88 Å². The van der Waals surface area contributed by atoms with E-state index in [-0.39, 0.29) is 17.8 Å². The molecule has 1 saturated heterocycles. The predicted octanol–water partition coefficient (Wildman–Crippen LogP) is 0.433. The Hall–Kier alpha value is -2.11. The van der Waals surface area contributed by atoms with Gasteiger partial charge in [-0.2, -0.15) is 0 Å². The molecule has 0 saturated carbocycles. The number of nitrogens with two attached hydrogens (primary N) is 1. The molecular formula is C11H14N4O2. The quantitative estimate of drug-likeness (QED) is 0.336. The van der Waals surface area contributed by atoms with Gasteiger partial charge in [-0.15, -0.1) is 0 Å². The van der Waals surface area contributed by atoms with Crippen LogP contribution in [0.25, 0.3) is 0 Å². The van der Waals surface area contributed by atoms with Crippen molar-refractivity contribution in [2.24, 2.45) is 10.9 Å². The first-order chi connectivity index (χ1) is 8.24. The third kappa shape index (κ3) is 2.20. The maximum atomic E-state index is 12.2. The first kappa shape index (κ1) is 11.4. The molecule has 0 bridgehead atoms. The fourth-order valence-electron chi connectivity index (χ4n) is 2.04. The Labute approximate surface area is 98.7 Å². The normalized spacial score (nSPS) is 20.6. The highest BCUT2D eigenvalue weighted by Gasteiger charge is 2.32. The van der Waals surface area contributed by atoms with Crippen LogP contribution >= 0.6 is 0 Å². The predicted molar refractivity (Wildman–Crippen MR) is 61.7 cm³/mol. The molecule has 2 heterocycles. The Morgan fingerprint density at radius 1 is 1.65 bits per heavy atom. The molecule has 1 aromatic heterocycles. The third-order valence-electron chi connectivity index (χ3n) is 2.88. The van der Waals surface area contributed by atoms with Crippen LogP contribution in [0.1, 0.15) is 23.2 Å². The van der Waals surface area contributed by atoms with Gasteiger partial charge in [-0.1, -0.05) is 5.16 Å². The molecule has 1 aliphatic rings. The topological polar surface area (TPSA) is 91.8 Å². The fourth-order valence-corrected chi connectivity index (χ4v) is 2.04. The van der Waals surface area contributed by atoms with Crippen LogP contribution in [0.4, 0.5) is 0 Å². The Morgan fingerprint density at radius 3 is 3.12 bits per heavy atom. The summed E-state index contributed by atoms with van der Waals surface area (Å²) >= 11 is 0. The van der Waals surface area contributed by atoms with Gasteiger partial charge in [0.15, 0.2) is 5.84 Å². The second-order valence-electron chi connectivity index (χ2n) is 3.92. The van der Waals surface area contributed by atoms with Gasteiger partial charge in [-0.05, 0) is 25.0 Å². The van der Waals surface area contributed by atoms with Gasteiger partial charge in [-0.3, -0.25) is 9.78 Å². The van der Waals surface area contributed by atoms with Gasteiger partial charge >= 0.3 is 0 Å². The van der Waals surface area contributed by atoms with E-state index in [0.29, 0.717) is 12.1 Å². The van der Waals surface area contributed by atoms with E-state index < -0.39 is 0 Å². The van der Waals surface area contributed by atoms with Crippen LogP contribution in [0.2, 0.25) is 0 Å². The fraction of sp³-hybridized carbons (Fsp3) is 0.364. The average Bonchev–Trinajstić information content (AvgIpc) is 2.87. The summed E-state index contributed by atoms with van der Waals surface area (Å²) in [4.78, 5) is 17.7.